The smallest absolute Gasteiger partial charge is 0.150 e. The van der Waals surface area contributed by atoms with E-state index in [0.29, 0.717) is 11.1 Å². The molecule has 5 heteroatoms. The molecule has 1 aromatic heterocycles. The summed E-state index contributed by atoms with van der Waals surface area (Å²) < 4.78 is 2.18. The van der Waals surface area contributed by atoms with Crippen LogP contribution in [-0.4, -0.2) is 22.6 Å². The van der Waals surface area contributed by atoms with Crippen LogP contribution >= 0.6 is 11.6 Å². The molecule has 3 heterocycles. The van der Waals surface area contributed by atoms with Crippen LogP contribution in [0.3, 0.4) is 0 Å². The van der Waals surface area contributed by atoms with Gasteiger partial charge in [-0.05, 0) is 32.2 Å². The van der Waals surface area contributed by atoms with Crippen molar-refractivity contribution in [2.24, 2.45) is 5.73 Å². The molecule has 2 atom stereocenters. The van der Waals surface area contributed by atoms with Crippen LogP contribution in [-0.2, 0) is 6.42 Å². The highest BCUT2D eigenvalue weighted by atomic mass is 35.5. The maximum atomic E-state index is 6.20. The summed E-state index contributed by atoms with van der Waals surface area (Å²) in [6.07, 6.45) is 4.38. The first-order valence-corrected chi connectivity index (χ1v) is 6.38. The fourth-order valence-electron chi connectivity index (χ4n) is 2.82. The molecule has 0 bridgehead atoms. The Kier molecular flexibility index (Phi) is 2.65. The zero-order valence-electron chi connectivity index (χ0n) is 9.25. The Morgan fingerprint density at radius 3 is 3.06 bits per heavy atom. The number of halogens is 1. The van der Waals surface area contributed by atoms with E-state index in [4.69, 9.17) is 17.3 Å². The first-order chi connectivity index (χ1) is 7.77. The molecule has 2 aliphatic heterocycles. The molecule has 0 saturated carbocycles. The molecule has 4 nitrogen and oxygen atoms in total. The number of nitrogens with two attached hydrogens (primary N) is 1. The first-order valence-electron chi connectivity index (χ1n) is 6.00. The highest BCUT2D eigenvalue weighted by Crippen LogP contribution is 2.33. The second-order valence-electron chi connectivity index (χ2n) is 4.73. The minimum Gasteiger partial charge on any atom is -0.316 e. The van der Waals surface area contributed by atoms with Gasteiger partial charge in [0.1, 0.15) is 5.82 Å². The molecule has 88 valence electrons. The number of aromatic nitrogens is 2. The van der Waals surface area contributed by atoms with Crippen molar-refractivity contribution >= 4 is 11.6 Å². The topological polar surface area (TPSA) is 55.9 Å². The Bertz CT molecular complexity index is 395. The molecule has 1 saturated heterocycles. The summed E-state index contributed by atoms with van der Waals surface area (Å²) in [7, 11) is 0. The third kappa shape index (κ3) is 1.56. The van der Waals surface area contributed by atoms with Crippen LogP contribution in [0.5, 0.6) is 0 Å². The zero-order valence-corrected chi connectivity index (χ0v) is 10.0. The lowest BCUT2D eigenvalue weighted by Crippen LogP contribution is -2.27. The van der Waals surface area contributed by atoms with Crippen molar-refractivity contribution in [1.82, 2.24) is 14.9 Å². The molecule has 0 aromatic carbocycles. The molecular weight excluding hydrogens is 224 g/mol. The number of nitrogens with one attached hydrogen (secondary N) is 1. The van der Waals surface area contributed by atoms with Gasteiger partial charge in [0.05, 0.1) is 11.9 Å². The maximum absolute atomic E-state index is 6.20. The standard InChI is InChI=1S/C11H17ClN4/c12-10-8-2-1-3-9(13)16(8)11(15-10)7-4-5-14-6-7/h7,9,14H,1-6,13H2. The van der Waals surface area contributed by atoms with Crippen LogP contribution < -0.4 is 11.1 Å². The SMILES string of the molecule is NC1CCCc2c(Cl)nc(C3CCNC3)n21. The molecule has 3 rings (SSSR count). The summed E-state index contributed by atoms with van der Waals surface area (Å²) in [5.74, 6) is 1.58. The minimum absolute atomic E-state index is 0.0688. The lowest BCUT2D eigenvalue weighted by molar-refractivity contribution is 0.393. The van der Waals surface area contributed by atoms with Gasteiger partial charge in [-0.3, -0.25) is 0 Å². The first kappa shape index (κ1) is 10.6. The minimum atomic E-state index is 0.0688. The second kappa shape index (κ2) is 4.02. The molecule has 2 aliphatic rings. The molecule has 0 amide bonds. The van der Waals surface area contributed by atoms with E-state index in [-0.39, 0.29) is 6.17 Å². The van der Waals surface area contributed by atoms with Crippen molar-refractivity contribution in [3.63, 3.8) is 0 Å². The van der Waals surface area contributed by atoms with E-state index in [1.165, 1.54) is 0 Å². The van der Waals surface area contributed by atoms with Crippen LogP contribution in [0.2, 0.25) is 5.15 Å². The summed E-state index contributed by atoms with van der Waals surface area (Å²) in [6.45, 7) is 2.07. The van der Waals surface area contributed by atoms with Gasteiger partial charge in [0.15, 0.2) is 5.15 Å². The molecule has 3 N–H and O–H groups in total. The summed E-state index contributed by atoms with van der Waals surface area (Å²) in [6, 6.07) is 0. The average molecular weight is 241 g/mol. The number of nitrogens with zero attached hydrogens (tertiary/aromatic N) is 2. The van der Waals surface area contributed by atoms with Crippen molar-refractivity contribution in [3.8, 4) is 0 Å². The number of fused-ring (bicyclic) bond motifs is 1. The molecule has 16 heavy (non-hydrogen) atoms. The Morgan fingerprint density at radius 1 is 1.44 bits per heavy atom. The number of rotatable bonds is 1. The van der Waals surface area contributed by atoms with Crippen LogP contribution in [0.4, 0.5) is 0 Å². The third-order valence-electron chi connectivity index (χ3n) is 3.66. The van der Waals surface area contributed by atoms with E-state index in [0.717, 1.165) is 50.3 Å². The quantitative estimate of drug-likeness (QED) is 0.781. The Balaban J connectivity index is 2.04. The summed E-state index contributed by atoms with van der Waals surface area (Å²) >= 11 is 6.20. The molecule has 2 unspecified atom stereocenters. The highest BCUT2D eigenvalue weighted by molar-refractivity contribution is 6.30. The van der Waals surface area contributed by atoms with E-state index in [1.54, 1.807) is 0 Å². The van der Waals surface area contributed by atoms with Gasteiger partial charge in [-0.15, -0.1) is 0 Å². The van der Waals surface area contributed by atoms with Gasteiger partial charge in [-0.25, -0.2) is 4.98 Å². The number of imidazole rings is 1. The number of hydrogen-bond donors (Lipinski definition) is 2. The lowest BCUT2D eigenvalue weighted by Gasteiger charge is -2.25. The van der Waals surface area contributed by atoms with Crippen molar-refractivity contribution in [2.45, 2.75) is 37.8 Å². The van der Waals surface area contributed by atoms with Crippen molar-refractivity contribution < 1.29 is 0 Å². The van der Waals surface area contributed by atoms with Crippen molar-refractivity contribution in [1.29, 1.82) is 0 Å². The van der Waals surface area contributed by atoms with Crippen LogP contribution in [0.15, 0.2) is 0 Å². The van der Waals surface area contributed by atoms with E-state index < -0.39 is 0 Å². The fourth-order valence-corrected chi connectivity index (χ4v) is 3.09. The van der Waals surface area contributed by atoms with Crippen LogP contribution in [0, 0.1) is 0 Å². The molecule has 1 fully saturated rings. The monoisotopic (exact) mass is 240 g/mol. The van der Waals surface area contributed by atoms with E-state index >= 15 is 0 Å². The number of hydrogen-bond acceptors (Lipinski definition) is 3. The molecule has 1 aromatic rings. The normalized spacial score (nSPS) is 29.4. The summed E-state index contributed by atoms with van der Waals surface area (Å²) in [5.41, 5.74) is 7.31. The predicted octanol–water partition coefficient (Wildman–Crippen LogP) is 1.41. The van der Waals surface area contributed by atoms with Gasteiger partial charge in [0.25, 0.3) is 0 Å². The molecule has 0 radical (unpaired) electrons. The van der Waals surface area contributed by atoms with Gasteiger partial charge < -0.3 is 15.6 Å². The Hall–Kier alpha value is -0.580. The van der Waals surface area contributed by atoms with Crippen LogP contribution in [0.1, 0.15) is 42.9 Å². The van der Waals surface area contributed by atoms with Gasteiger partial charge in [-0.1, -0.05) is 11.6 Å². The van der Waals surface area contributed by atoms with E-state index in [1.807, 2.05) is 0 Å². The molecular formula is C11H17ClN4. The Morgan fingerprint density at radius 2 is 2.31 bits per heavy atom. The Labute approximate surface area is 100 Å². The lowest BCUT2D eigenvalue weighted by atomic mass is 10.1. The van der Waals surface area contributed by atoms with Crippen LogP contribution in [0.25, 0.3) is 0 Å². The summed E-state index contributed by atoms with van der Waals surface area (Å²) in [5, 5.41) is 4.03. The average Bonchev–Trinajstić information content (AvgIpc) is 2.87. The highest BCUT2D eigenvalue weighted by Gasteiger charge is 2.29. The fraction of sp³-hybridized carbons (Fsp3) is 0.727. The molecule has 0 spiro atoms. The predicted molar refractivity (Wildman–Crippen MR) is 63.6 cm³/mol. The van der Waals surface area contributed by atoms with E-state index in [2.05, 4.69) is 14.9 Å². The third-order valence-corrected chi connectivity index (χ3v) is 3.96. The molecule has 0 aliphatic carbocycles. The second-order valence-corrected chi connectivity index (χ2v) is 5.08. The van der Waals surface area contributed by atoms with Gasteiger partial charge in [0, 0.05) is 12.5 Å². The van der Waals surface area contributed by atoms with Gasteiger partial charge in [-0.2, -0.15) is 0 Å². The summed E-state index contributed by atoms with van der Waals surface area (Å²) in [4.78, 5) is 4.53. The van der Waals surface area contributed by atoms with Crippen molar-refractivity contribution in [2.75, 3.05) is 13.1 Å². The van der Waals surface area contributed by atoms with Crippen molar-refractivity contribution in [3.05, 3.63) is 16.7 Å². The van der Waals surface area contributed by atoms with E-state index in [9.17, 15) is 0 Å². The van der Waals surface area contributed by atoms with Gasteiger partial charge in [0.2, 0.25) is 0 Å². The maximum Gasteiger partial charge on any atom is 0.150 e. The van der Waals surface area contributed by atoms with Gasteiger partial charge >= 0.3 is 0 Å². The zero-order chi connectivity index (χ0) is 11.1. The largest absolute Gasteiger partial charge is 0.316 e.